The molecule has 0 N–H and O–H groups in total. The van der Waals surface area contributed by atoms with Crippen molar-refractivity contribution in [1.29, 1.82) is 5.26 Å². The number of ether oxygens (including phenoxy) is 1. The Morgan fingerprint density at radius 1 is 1.10 bits per heavy atom. The van der Waals surface area contributed by atoms with Crippen LogP contribution in [0.3, 0.4) is 0 Å². The number of ketones is 1. The molecular weight excluding hydrogens is 378 g/mol. The maximum atomic E-state index is 12.2. The number of carbonyl (C=O) groups excluding carboxylic acids is 1. The topological polar surface area (TPSA) is 50.1 Å². The SMILES string of the molecule is CCC(CC)(c1ccc(OCC(=O)C(C)(C)C)c(C)c1)c1cc(C)c(CC#N)s1. The van der Waals surface area contributed by atoms with E-state index < -0.39 is 5.41 Å². The van der Waals surface area contributed by atoms with Crippen molar-refractivity contribution in [2.45, 2.75) is 73.1 Å². The van der Waals surface area contributed by atoms with Crippen molar-refractivity contribution >= 4 is 17.1 Å². The van der Waals surface area contributed by atoms with Crippen LogP contribution in [0.1, 0.15) is 73.9 Å². The largest absolute Gasteiger partial charge is 0.486 e. The highest BCUT2D eigenvalue weighted by atomic mass is 32.1. The van der Waals surface area contributed by atoms with Crippen molar-refractivity contribution in [3.8, 4) is 11.8 Å². The van der Waals surface area contributed by atoms with Crippen LogP contribution in [0.2, 0.25) is 0 Å². The molecule has 0 spiro atoms. The molecule has 0 radical (unpaired) electrons. The van der Waals surface area contributed by atoms with Gasteiger partial charge in [-0.05, 0) is 55.5 Å². The van der Waals surface area contributed by atoms with Crippen molar-refractivity contribution in [3.05, 3.63) is 50.7 Å². The van der Waals surface area contributed by atoms with Crippen LogP contribution in [0.4, 0.5) is 0 Å². The summed E-state index contributed by atoms with van der Waals surface area (Å²) in [7, 11) is 0. The Kier molecular flexibility index (Phi) is 7.30. The highest BCUT2D eigenvalue weighted by molar-refractivity contribution is 7.12. The molecule has 3 nitrogen and oxygen atoms in total. The monoisotopic (exact) mass is 411 g/mol. The van der Waals surface area contributed by atoms with Crippen molar-refractivity contribution in [3.63, 3.8) is 0 Å². The van der Waals surface area contributed by atoms with Crippen LogP contribution in [0.15, 0.2) is 24.3 Å². The molecule has 0 aliphatic carbocycles. The predicted octanol–water partition coefficient (Wildman–Crippen LogP) is 6.53. The first-order chi connectivity index (χ1) is 13.6. The average molecular weight is 412 g/mol. The first-order valence-corrected chi connectivity index (χ1v) is 11.1. The fraction of sp³-hybridized carbons (Fsp3) is 0.520. The second-order valence-corrected chi connectivity index (χ2v) is 9.92. The molecule has 0 fully saturated rings. The highest BCUT2D eigenvalue weighted by Gasteiger charge is 2.33. The van der Waals surface area contributed by atoms with E-state index in [1.807, 2.05) is 33.8 Å². The third kappa shape index (κ3) is 4.90. The van der Waals surface area contributed by atoms with Gasteiger partial charge in [0.15, 0.2) is 5.78 Å². The molecule has 1 heterocycles. The average Bonchev–Trinajstić information content (AvgIpc) is 3.02. The van der Waals surface area contributed by atoms with E-state index in [2.05, 4.69) is 45.0 Å². The van der Waals surface area contributed by atoms with Crippen molar-refractivity contribution in [2.75, 3.05) is 6.61 Å². The first kappa shape index (κ1) is 23.2. The van der Waals surface area contributed by atoms with Crippen molar-refractivity contribution in [1.82, 2.24) is 0 Å². The summed E-state index contributed by atoms with van der Waals surface area (Å²) >= 11 is 1.76. The van der Waals surface area contributed by atoms with Gasteiger partial charge in [-0.2, -0.15) is 5.26 Å². The van der Waals surface area contributed by atoms with E-state index in [1.54, 1.807) is 11.3 Å². The van der Waals surface area contributed by atoms with Gasteiger partial charge in [0.25, 0.3) is 0 Å². The normalized spacial score (nSPS) is 11.9. The van der Waals surface area contributed by atoms with Gasteiger partial charge in [-0.3, -0.25) is 4.79 Å². The zero-order valence-electron chi connectivity index (χ0n) is 18.8. The molecule has 29 heavy (non-hydrogen) atoms. The van der Waals surface area contributed by atoms with Gasteiger partial charge < -0.3 is 4.74 Å². The van der Waals surface area contributed by atoms with Crippen molar-refractivity contribution in [2.24, 2.45) is 5.41 Å². The van der Waals surface area contributed by atoms with Crippen LogP contribution in [0.5, 0.6) is 5.75 Å². The Bertz CT molecular complexity index is 908. The number of carbonyl (C=O) groups is 1. The van der Waals surface area contributed by atoms with E-state index >= 15 is 0 Å². The molecule has 0 atom stereocenters. The van der Waals surface area contributed by atoms with E-state index in [0.29, 0.717) is 6.42 Å². The number of hydrogen-bond donors (Lipinski definition) is 0. The number of Topliss-reactive ketones (excluding diaryl/α,β-unsaturated/α-hetero) is 1. The van der Waals surface area contributed by atoms with E-state index in [1.165, 1.54) is 16.0 Å². The lowest BCUT2D eigenvalue weighted by Gasteiger charge is -2.32. The lowest BCUT2D eigenvalue weighted by atomic mass is 9.74. The molecule has 0 amide bonds. The predicted molar refractivity (Wildman–Crippen MR) is 121 cm³/mol. The molecule has 2 rings (SSSR count). The van der Waals surface area contributed by atoms with E-state index in [9.17, 15) is 4.79 Å². The molecule has 0 aliphatic rings. The number of hydrogen-bond acceptors (Lipinski definition) is 4. The van der Waals surface area contributed by atoms with Gasteiger partial charge in [0.1, 0.15) is 12.4 Å². The number of rotatable bonds is 8. The zero-order chi connectivity index (χ0) is 21.8. The minimum absolute atomic E-state index is 0.0757. The number of thiophene rings is 1. The van der Waals surface area contributed by atoms with Gasteiger partial charge in [-0.1, -0.05) is 46.8 Å². The van der Waals surface area contributed by atoms with Crippen LogP contribution in [0, 0.1) is 30.6 Å². The Balaban J connectivity index is 2.37. The molecule has 0 saturated heterocycles. The first-order valence-electron chi connectivity index (χ1n) is 10.3. The quantitative estimate of drug-likeness (QED) is 0.496. The summed E-state index contributed by atoms with van der Waals surface area (Å²) in [4.78, 5) is 14.7. The number of nitrogens with zero attached hydrogens (tertiary/aromatic N) is 1. The molecular formula is C25H33NO2S. The van der Waals surface area contributed by atoms with Crippen LogP contribution < -0.4 is 4.74 Å². The van der Waals surface area contributed by atoms with Gasteiger partial charge in [-0.25, -0.2) is 0 Å². The van der Waals surface area contributed by atoms with Gasteiger partial charge in [-0.15, -0.1) is 11.3 Å². The van der Waals surface area contributed by atoms with Crippen LogP contribution in [-0.2, 0) is 16.6 Å². The summed E-state index contributed by atoms with van der Waals surface area (Å²) in [5.41, 5.74) is 3.04. The maximum Gasteiger partial charge on any atom is 0.175 e. The molecule has 1 aromatic carbocycles. The van der Waals surface area contributed by atoms with E-state index in [4.69, 9.17) is 10.00 Å². The molecule has 0 saturated carbocycles. The molecule has 2 aromatic rings. The fourth-order valence-electron chi connectivity index (χ4n) is 3.62. The van der Waals surface area contributed by atoms with E-state index in [-0.39, 0.29) is 17.8 Å². The smallest absolute Gasteiger partial charge is 0.175 e. The molecule has 0 bridgehead atoms. The zero-order valence-corrected chi connectivity index (χ0v) is 19.6. The van der Waals surface area contributed by atoms with Gasteiger partial charge in [0.2, 0.25) is 0 Å². The number of nitriles is 1. The minimum atomic E-state index is -0.397. The molecule has 156 valence electrons. The summed E-state index contributed by atoms with van der Waals surface area (Å²) in [5, 5.41) is 9.11. The summed E-state index contributed by atoms with van der Waals surface area (Å²) in [6, 6.07) is 10.9. The molecule has 1 aromatic heterocycles. The van der Waals surface area contributed by atoms with Gasteiger partial charge in [0.05, 0.1) is 12.5 Å². The standard InChI is InChI=1S/C25H33NO2S/c1-8-25(9-2,23-15-18(4)21(29-23)12-13-26)19-10-11-20(17(3)14-19)28-16-22(27)24(5,6)7/h10-11,14-15H,8-9,12,16H2,1-7H3. The maximum absolute atomic E-state index is 12.2. The van der Waals surface area contributed by atoms with Gasteiger partial charge >= 0.3 is 0 Å². The van der Waals surface area contributed by atoms with E-state index in [0.717, 1.165) is 29.0 Å². The summed E-state index contributed by atoms with van der Waals surface area (Å²) in [5.74, 6) is 0.858. The van der Waals surface area contributed by atoms with Crippen molar-refractivity contribution < 1.29 is 9.53 Å². The number of aryl methyl sites for hydroxylation is 2. The highest BCUT2D eigenvalue weighted by Crippen LogP contribution is 2.44. The molecule has 4 heteroatoms. The van der Waals surface area contributed by atoms with Crippen LogP contribution in [-0.4, -0.2) is 12.4 Å². The summed E-state index contributed by atoms with van der Waals surface area (Å²) in [6.07, 6.45) is 2.43. The van der Waals surface area contributed by atoms with Crippen LogP contribution in [0.25, 0.3) is 0 Å². The second kappa shape index (κ2) is 9.13. The third-order valence-electron chi connectivity index (χ3n) is 5.86. The second-order valence-electron chi connectivity index (χ2n) is 8.78. The Morgan fingerprint density at radius 2 is 1.76 bits per heavy atom. The summed E-state index contributed by atoms with van der Waals surface area (Å²) in [6.45, 7) is 14.4. The Labute approximate surface area is 179 Å². The number of benzene rings is 1. The Hall–Kier alpha value is -2.12. The lowest BCUT2D eigenvalue weighted by molar-refractivity contribution is -0.128. The third-order valence-corrected chi connectivity index (χ3v) is 7.30. The molecule has 0 unspecified atom stereocenters. The fourth-order valence-corrected chi connectivity index (χ4v) is 5.08. The minimum Gasteiger partial charge on any atom is -0.486 e. The molecule has 0 aliphatic heterocycles. The summed E-state index contributed by atoms with van der Waals surface area (Å²) < 4.78 is 5.84. The van der Waals surface area contributed by atoms with Gasteiger partial charge in [0, 0.05) is 20.6 Å². The van der Waals surface area contributed by atoms with Crippen LogP contribution >= 0.6 is 11.3 Å². The lowest BCUT2D eigenvalue weighted by Crippen LogP contribution is -2.27. The Morgan fingerprint density at radius 3 is 2.28 bits per heavy atom.